The van der Waals surface area contributed by atoms with Gasteiger partial charge in [-0.3, -0.25) is 0 Å². The summed E-state index contributed by atoms with van der Waals surface area (Å²) in [7, 11) is 0. The van der Waals surface area contributed by atoms with Crippen LogP contribution < -0.4 is 0 Å². The first-order valence-electron chi connectivity index (χ1n) is 9.00. The van der Waals surface area contributed by atoms with Crippen molar-refractivity contribution in [2.24, 2.45) is 29.1 Å². The minimum Gasteiger partial charge on any atom is -0.389 e. The van der Waals surface area contributed by atoms with Gasteiger partial charge in [-0.2, -0.15) is 0 Å². The van der Waals surface area contributed by atoms with Crippen LogP contribution in [0.1, 0.15) is 52.9 Å². The maximum Gasteiger partial charge on any atom is 0.0701 e. The van der Waals surface area contributed by atoms with Crippen molar-refractivity contribution in [1.29, 1.82) is 0 Å². The molecule has 0 radical (unpaired) electrons. The van der Waals surface area contributed by atoms with Gasteiger partial charge in [0.05, 0.1) is 30.0 Å². The third kappa shape index (κ3) is 1.34. The van der Waals surface area contributed by atoms with Gasteiger partial charge in [0.25, 0.3) is 0 Å². The van der Waals surface area contributed by atoms with Gasteiger partial charge in [-0.05, 0) is 31.1 Å². The number of aliphatic hydroxyl groups is 1. The normalized spacial score (nSPS) is 63.4. The Hall–Kier alpha value is -0.120. The maximum atomic E-state index is 11.1. The Morgan fingerprint density at radius 2 is 1.71 bits per heavy atom. The van der Waals surface area contributed by atoms with Gasteiger partial charge in [0.15, 0.2) is 0 Å². The molecule has 1 N–H and O–H groups in total. The van der Waals surface area contributed by atoms with E-state index in [1.54, 1.807) is 0 Å². The third-order valence-electron chi connectivity index (χ3n) is 8.21. The lowest BCUT2D eigenvalue weighted by molar-refractivity contribution is -0.0673. The largest absolute Gasteiger partial charge is 0.389 e. The lowest BCUT2D eigenvalue weighted by Gasteiger charge is -2.48. The first-order valence-corrected chi connectivity index (χ1v) is 9.00. The van der Waals surface area contributed by atoms with Crippen molar-refractivity contribution in [1.82, 2.24) is 0 Å². The Morgan fingerprint density at radius 1 is 1.00 bits per heavy atom. The van der Waals surface area contributed by atoms with Gasteiger partial charge >= 0.3 is 0 Å². The summed E-state index contributed by atoms with van der Waals surface area (Å²) in [5, 5.41) is 11.1. The monoisotopic (exact) mass is 292 g/mol. The maximum absolute atomic E-state index is 11.1. The fraction of sp³-hybridized carbons (Fsp3) is 1.00. The molecule has 0 aromatic carbocycles. The molecule has 1 saturated carbocycles. The number of hydrogen-bond donors (Lipinski definition) is 1. The molecule has 21 heavy (non-hydrogen) atoms. The van der Waals surface area contributed by atoms with Gasteiger partial charge in [-0.1, -0.05) is 33.6 Å². The third-order valence-corrected chi connectivity index (χ3v) is 8.21. The molecule has 9 unspecified atom stereocenters. The van der Waals surface area contributed by atoms with Gasteiger partial charge in [0.1, 0.15) is 0 Å². The van der Waals surface area contributed by atoms with E-state index in [1.807, 2.05) is 0 Å². The molecule has 5 rings (SSSR count). The Bertz CT molecular complexity index is 471. The molecular weight excluding hydrogens is 264 g/mol. The molecule has 0 amide bonds. The average molecular weight is 292 g/mol. The lowest BCUT2D eigenvalue weighted by atomic mass is 9.52. The van der Waals surface area contributed by atoms with Crippen molar-refractivity contribution in [3.63, 3.8) is 0 Å². The van der Waals surface area contributed by atoms with Crippen molar-refractivity contribution in [2.75, 3.05) is 0 Å². The highest BCUT2D eigenvalue weighted by molar-refractivity contribution is 5.22. The van der Waals surface area contributed by atoms with Crippen LogP contribution in [0.25, 0.3) is 0 Å². The van der Waals surface area contributed by atoms with Crippen molar-refractivity contribution in [3.8, 4) is 0 Å². The van der Waals surface area contributed by atoms with Gasteiger partial charge < -0.3 is 14.6 Å². The van der Waals surface area contributed by atoms with E-state index in [4.69, 9.17) is 9.47 Å². The second kappa shape index (κ2) is 3.85. The second-order valence-corrected chi connectivity index (χ2v) is 8.87. The highest BCUT2D eigenvalue weighted by atomic mass is 16.6. The van der Waals surface area contributed by atoms with Crippen molar-refractivity contribution in [3.05, 3.63) is 0 Å². The predicted octanol–water partition coefficient (Wildman–Crippen LogP) is 2.75. The Kier molecular flexibility index (Phi) is 2.45. The SMILES string of the molecule is CC1C(C)C2OC1C1C3OC(CC3C3(O)CCCC3)C21C. The first-order chi connectivity index (χ1) is 9.97. The van der Waals surface area contributed by atoms with Crippen LogP contribution >= 0.6 is 0 Å². The smallest absolute Gasteiger partial charge is 0.0701 e. The van der Waals surface area contributed by atoms with Crippen LogP contribution in [0.4, 0.5) is 0 Å². The molecule has 4 saturated heterocycles. The number of hydrogen-bond acceptors (Lipinski definition) is 3. The molecule has 118 valence electrons. The van der Waals surface area contributed by atoms with E-state index in [1.165, 1.54) is 12.8 Å². The molecule has 0 aromatic rings. The summed E-state index contributed by atoms with van der Waals surface area (Å²) in [6.45, 7) is 7.11. The molecule has 5 fully saturated rings. The molecule has 9 atom stereocenters. The van der Waals surface area contributed by atoms with Crippen LogP contribution in [0, 0.1) is 29.1 Å². The summed E-state index contributed by atoms with van der Waals surface area (Å²) in [4.78, 5) is 0. The zero-order valence-electron chi connectivity index (χ0n) is 13.4. The predicted molar refractivity (Wildman–Crippen MR) is 78.8 cm³/mol. The summed E-state index contributed by atoms with van der Waals surface area (Å²) < 4.78 is 12.9. The zero-order valence-corrected chi connectivity index (χ0v) is 13.4. The average Bonchev–Trinajstić information content (AvgIpc) is 3.18. The number of fused-ring (bicyclic) bond motifs is 9. The van der Waals surface area contributed by atoms with E-state index in [0.29, 0.717) is 42.0 Å². The second-order valence-electron chi connectivity index (χ2n) is 8.87. The molecular formula is C18H28O3. The van der Waals surface area contributed by atoms with Crippen LogP contribution in [-0.2, 0) is 9.47 Å². The van der Waals surface area contributed by atoms with Crippen LogP contribution in [0.3, 0.4) is 0 Å². The van der Waals surface area contributed by atoms with Crippen LogP contribution in [0.2, 0.25) is 0 Å². The summed E-state index contributed by atoms with van der Waals surface area (Å²) in [5.74, 6) is 2.15. The van der Waals surface area contributed by atoms with Gasteiger partial charge in [-0.15, -0.1) is 0 Å². The van der Waals surface area contributed by atoms with E-state index in [-0.39, 0.29) is 11.5 Å². The minimum absolute atomic E-state index is 0.201. The highest BCUT2D eigenvalue weighted by Gasteiger charge is 2.76. The van der Waals surface area contributed by atoms with Crippen LogP contribution in [0.15, 0.2) is 0 Å². The van der Waals surface area contributed by atoms with Crippen molar-refractivity contribution in [2.45, 2.75) is 82.9 Å². The fourth-order valence-electron chi connectivity index (χ4n) is 6.92. The molecule has 4 aliphatic heterocycles. The molecule has 4 bridgehead atoms. The molecule has 0 aromatic heterocycles. The molecule has 4 heterocycles. The van der Waals surface area contributed by atoms with E-state index < -0.39 is 5.60 Å². The first kappa shape index (κ1) is 13.3. The Balaban J connectivity index is 1.51. The summed E-state index contributed by atoms with van der Waals surface area (Å²) in [6, 6.07) is 0. The molecule has 3 heteroatoms. The van der Waals surface area contributed by atoms with Crippen LogP contribution in [-0.4, -0.2) is 35.1 Å². The fourth-order valence-corrected chi connectivity index (χ4v) is 6.92. The minimum atomic E-state index is -0.447. The lowest BCUT2D eigenvalue weighted by Crippen LogP contribution is -2.56. The zero-order chi connectivity index (χ0) is 14.6. The molecule has 5 aliphatic rings. The van der Waals surface area contributed by atoms with Gasteiger partial charge in [-0.25, -0.2) is 0 Å². The topological polar surface area (TPSA) is 38.7 Å². The van der Waals surface area contributed by atoms with E-state index >= 15 is 0 Å². The Labute approximate surface area is 127 Å². The van der Waals surface area contributed by atoms with E-state index in [0.717, 1.165) is 19.3 Å². The van der Waals surface area contributed by atoms with E-state index in [2.05, 4.69) is 20.8 Å². The Morgan fingerprint density at radius 3 is 2.43 bits per heavy atom. The summed E-state index contributed by atoms with van der Waals surface area (Å²) in [6.07, 6.45) is 6.67. The molecule has 0 spiro atoms. The molecule has 1 aliphatic carbocycles. The van der Waals surface area contributed by atoms with Gasteiger partial charge in [0.2, 0.25) is 0 Å². The molecule has 3 nitrogen and oxygen atoms in total. The summed E-state index contributed by atoms with van der Waals surface area (Å²) in [5.41, 5.74) is -0.246. The van der Waals surface area contributed by atoms with Crippen molar-refractivity contribution >= 4 is 0 Å². The van der Waals surface area contributed by atoms with Crippen LogP contribution in [0.5, 0.6) is 0 Å². The number of rotatable bonds is 1. The van der Waals surface area contributed by atoms with Gasteiger partial charge in [0, 0.05) is 17.3 Å². The van der Waals surface area contributed by atoms with Crippen molar-refractivity contribution < 1.29 is 14.6 Å². The standard InChI is InChI=1S/C18H28O3/c1-9-10(2)16-17(3)12-8-11(18(19)6-4-5-7-18)15(20-12)13(17)14(9)21-16/h9-16,19H,4-8H2,1-3H3. The summed E-state index contributed by atoms with van der Waals surface area (Å²) >= 11 is 0. The quantitative estimate of drug-likeness (QED) is 0.807. The van der Waals surface area contributed by atoms with E-state index in [9.17, 15) is 5.11 Å². The number of ether oxygens (including phenoxy) is 2. The highest BCUT2D eigenvalue weighted by Crippen LogP contribution is 2.69.